The van der Waals surface area contributed by atoms with Crippen LogP contribution in [0.4, 0.5) is 11.5 Å². The SMILES string of the molecule is CCOc1cn2ncc(C#N)c2c(-c2ccc(N3CCS(=O)(=Nc4ccc(CC)nc4)CC3)nc2)n1. The smallest absolute Gasteiger partial charge is 0.232 e. The Morgan fingerprint density at radius 2 is 1.94 bits per heavy atom. The number of aromatic nitrogens is 5. The van der Waals surface area contributed by atoms with Crippen molar-refractivity contribution in [3.8, 4) is 23.2 Å². The molecule has 0 atom stereocenters. The fourth-order valence-corrected chi connectivity index (χ4v) is 6.01. The number of rotatable bonds is 6. The van der Waals surface area contributed by atoms with E-state index in [1.807, 2.05) is 38.1 Å². The molecule has 11 heteroatoms. The van der Waals surface area contributed by atoms with Crippen molar-refractivity contribution in [1.82, 2.24) is 24.6 Å². The maximum atomic E-state index is 13.3. The van der Waals surface area contributed by atoms with Crippen LogP contribution in [0, 0.1) is 11.3 Å². The van der Waals surface area contributed by atoms with E-state index in [0.29, 0.717) is 59.5 Å². The monoisotopic (exact) mass is 502 g/mol. The Morgan fingerprint density at radius 3 is 2.58 bits per heavy atom. The number of nitrogens with zero attached hydrogens (tertiary/aromatic N) is 8. The largest absolute Gasteiger partial charge is 0.477 e. The van der Waals surface area contributed by atoms with Crippen LogP contribution in [0.2, 0.25) is 0 Å². The van der Waals surface area contributed by atoms with Gasteiger partial charge in [-0.05, 0) is 37.6 Å². The molecule has 4 aromatic rings. The Hall–Kier alpha value is -4.04. The Balaban J connectivity index is 1.36. The van der Waals surface area contributed by atoms with Gasteiger partial charge in [0.2, 0.25) is 5.88 Å². The lowest BCUT2D eigenvalue weighted by Crippen LogP contribution is -2.40. The molecule has 0 amide bonds. The van der Waals surface area contributed by atoms with Crippen LogP contribution in [0.3, 0.4) is 0 Å². The Morgan fingerprint density at radius 1 is 1.11 bits per heavy atom. The zero-order valence-electron chi connectivity index (χ0n) is 20.2. The summed E-state index contributed by atoms with van der Waals surface area (Å²) in [5.41, 5.74) is 4.03. The fourth-order valence-electron chi connectivity index (χ4n) is 4.12. The summed E-state index contributed by atoms with van der Waals surface area (Å²) in [6.45, 7) is 5.59. The Labute approximate surface area is 209 Å². The van der Waals surface area contributed by atoms with Gasteiger partial charge in [0.1, 0.15) is 28.7 Å². The lowest BCUT2D eigenvalue weighted by molar-refractivity contribution is 0.325. The normalized spacial score (nSPS) is 15.0. The van der Waals surface area contributed by atoms with Gasteiger partial charge < -0.3 is 9.64 Å². The van der Waals surface area contributed by atoms with Crippen molar-refractivity contribution in [3.05, 3.63) is 60.3 Å². The molecular formula is C25H26N8O2S. The summed E-state index contributed by atoms with van der Waals surface area (Å²) in [7, 11) is -2.34. The van der Waals surface area contributed by atoms with Crippen molar-refractivity contribution >= 4 is 26.8 Å². The Bertz CT molecular complexity index is 1530. The van der Waals surface area contributed by atoms with E-state index >= 15 is 0 Å². The second-order valence-corrected chi connectivity index (χ2v) is 10.9. The minimum absolute atomic E-state index is 0.422. The van der Waals surface area contributed by atoms with Crippen LogP contribution in [-0.4, -0.2) is 60.0 Å². The molecule has 5 heterocycles. The molecule has 1 saturated heterocycles. The first-order valence-corrected chi connectivity index (χ1v) is 13.7. The van der Waals surface area contributed by atoms with Crippen LogP contribution in [-0.2, 0) is 16.1 Å². The van der Waals surface area contributed by atoms with E-state index in [9.17, 15) is 9.47 Å². The molecule has 1 fully saturated rings. The molecule has 10 nitrogen and oxygen atoms in total. The highest BCUT2D eigenvalue weighted by atomic mass is 32.2. The number of anilines is 1. The lowest BCUT2D eigenvalue weighted by Gasteiger charge is -2.29. The van der Waals surface area contributed by atoms with Gasteiger partial charge in [-0.1, -0.05) is 6.92 Å². The van der Waals surface area contributed by atoms with Gasteiger partial charge >= 0.3 is 0 Å². The summed E-state index contributed by atoms with van der Waals surface area (Å²) in [6.07, 6.45) is 7.47. The molecule has 0 saturated carbocycles. The summed E-state index contributed by atoms with van der Waals surface area (Å²) in [6, 6.07) is 9.83. The van der Waals surface area contributed by atoms with E-state index in [1.54, 1.807) is 23.1 Å². The number of fused-ring (bicyclic) bond motifs is 1. The van der Waals surface area contributed by atoms with Crippen molar-refractivity contribution < 1.29 is 8.95 Å². The quantitative estimate of drug-likeness (QED) is 0.392. The molecule has 0 aromatic carbocycles. The van der Waals surface area contributed by atoms with Crippen molar-refractivity contribution in [1.29, 1.82) is 5.26 Å². The van der Waals surface area contributed by atoms with Gasteiger partial charge in [-0.25, -0.2) is 18.7 Å². The zero-order chi connectivity index (χ0) is 25.1. The van der Waals surface area contributed by atoms with Crippen LogP contribution in [0.5, 0.6) is 5.88 Å². The van der Waals surface area contributed by atoms with Crippen LogP contribution >= 0.6 is 0 Å². The van der Waals surface area contributed by atoms with Crippen LogP contribution in [0.15, 0.2) is 53.4 Å². The van der Waals surface area contributed by atoms with Gasteiger partial charge in [-0.3, -0.25) is 4.98 Å². The average molecular weight is 503 g/mol. The van der Waals surface area contributed by atoms with E-state index in [-0.39, 0.29) is 0 Å². The fraction of sp³-hybridized carbons (Fsp3) is 0.320. The third-order valence-corrected chi connectivity index (χ3v) is 8.22. The van der Waals surface area contributed by atoms with Crippen molar-refractivity contribution in [2.75, 3.05) is 36.1 Å². The number of aryl methyl sites for hydroxylation is 1. The van der Waals surface area contributed by atoms with Gasteiger partial charge in [0, 0.05) is 42.0 Å². The highest BCUT2D eigenvalue weighted by molar-refractivity contribution is 7.93. The van der Waals surface area contributed by atoms with Crippen molar-refractivity contribution in [3.63, 3.8) is 0 Å². The molecule has 0 unspecified atom stereocenters. The zero-order valence-corrected chi connectivity index (χ0v) is 21.0. The molecule has 36 heavy (non-hydrogen) atoms. The van der Waals surface area contributed by atoms with Crippen LogP contribution < -0.4 is 9.64 Å². The molecule has 1 aliphatic heterocycles. The minimum Gasteiger partial charge on any atom is -0.477 e. The van der Waals surface area contributed by atoms with Gasteiger partial charge in [-0.15, -0.1) is 0 Å². The molecule has 0 spiro atoms. The third kappa shape index (κ3) is 4.72. The number of pyridine rings is 2. The summed E-state index contributed by atoms with van der Waals surface area (Å²) >= 11 is 0. The maximum Gasteiger partial charge on any atom is 0.232 e. The highest BCUT2D eigenvalue weighted by Gasteiger charge is 2.22. The molecule has 0 bridgehead atoms. The van der Waals surface area contributed by atoms with Gasteiger partial charge in [0.05, 0.1) is 40.6 Å². The lowest BCUT2D eigenvalue weighted by atomic mass is 10.1. The highest BCUT2D eigenvalue weighted by Crippen LogP contribution is 2.29. The van der Waals surface area contributed by atoms with Gasteiger partial charge in [0.25, 0.3) is 0 Å². The van der Waals surface area contributed by atoms with Crippen molar-refractivity contribution in [2.24, 2.45) is 4.36 Å². The molecule has 5 rings (SSSR count). The van der Waals surface area contributed by atoms with Gasteiger partial charge in [-0.2, -0.15) is 14.7 Å². The maximum absolute atomic E-state index is 13.3. The topological polar surface area (TPSA) is 122 Å². The molecule has 184 valence electrons. The summed E-state index contributed by atoms with van der Waals surface area (Å²) in [4.78, 5) is 15.7. The molecule has 0 radical (unpaired) electrons. The number of nitriles is 1. The number of hydrogen-bond donors (Lipinski definition) is 0. The minimum atomic E-state index is -2.34. The average Bonchev–Trinajstić information content (AvgIpc) is 3.32. The summed E-state index contributed by atoms with van der Waals surface area (Å²) in [5, 5.41) is 13.8. The summed E-state index contributed by atoms with van der Waals surface area (Å²) in [5.74, 6) is 2.14. The standard InChI is InChI=1S/C25H26N8O2S/c1-3-20-6-7-21(16-27-20)31-36(34)11-9-32(10-12-36)22-8-5-18(14-28-22)24-25-19(13-26)15-29-33(25)17-23(30-24)35-4-2/h5-8,14-17H,3-4,9-12H2,1-2H3. The van der Waals surface area contributed by atoms with Crippen LogP contribution in [0.1, 0.15) is 25.1 Å². The van der Waals surface area contributed by atoms with E-state index in [4.69, 9.17) is 4.74 Å². The first-order chi connectivity index (χ1) is 17.5. The van der Waals surface area contributed by atoms with Crippen LogP contribution in [0.25, 0.3) is 16.8 Å². The molecule has 4 aromatic heterocycles. The first kappa shape index (κ1) is 23.7. The second-order valence-electron chi connectivity index (χ2n) is 8.35. The van der Waals surface area contributed by atoms with Gasteiger partial charge in [0.15, 0.2) is 0 Å². The first-order valence-electron chi connectivity index (χ1n) is 11.8. The summed E-state index contributed by atoms with van der Waals surface area (Å²) < 4.78 is 25.0. The predicted molar refractivity (Wildman–Crippen MR) is 138 cm³/mol. The number of hydrogen-bond acceptors (Lipinski definition) is 9. The second kappa shape index (κ2) is 9.91. The molecule has 1 aliphatic rings. The molecular weight excluding hydrogens is 476 g/mol. The van der Waals surface area contributed by atoms with E-state index in [1.165, 1.54) is 6.20 Å². The van der Waals surface area contributed by atoms with E-state index in [0.717, 1.165) is 23.5 Å². The predicted octanol–water partition coefficient (Wildman–Crippen LogP) is 3.64. The van der Waals surface area contributed by atoms with E-state index < -0.39 is 9.73 Å². The third-order valence-electron chi connectivity index (χ3n) is 6.04. The van der Waals surface area contributed by atoms with Crippen molar-refractivity contribution in [2.45, 2.75) is 20.3 Å². The molecule has 0 aliphatic carbocycles. The van der Waals surface area contributed by atoms with E-state index in [2.05, 4.69) is 35.4 Å². The number of ether oxygens (including phenoxy) is 1. The Kier molecular flexibility index (Phi) is 6.52. The molecule has 0 N–H and O–H groups in total.